The number of hydrogen-bond donors (Lipinski definition) is 1. The second kappa shape index (κ2) is 9.95. The molecule has 8 heteroatoms. The normalized spacial score (nSPS) is 12.0. The summed E-state index contributed by atoms with van der Waals surface area (Å²) in [6, 6.07) is 9.94. The predicted molar refractivity (Wildman–Crippen MR) is 102 cm³/mol. The molecule has 2 aromatic carbocycles. The number of carboxylic acid groups (broad SMARTS) is 1. The zero-order chi connectivity index (χ0) is 21.4. The Hall–Kier alpha value is -3.03. The van der Waals surface area contributed by atoms with E-state index in [4.69, 9.17) is 14.7 Å². The molecule has 0 aliphatic rings. The molecule has 0 heterocycles. The first-order valence-corrected chi connectivity index (χ1v) is 9.02. The minimum Gasteiger partial charge on any atom is -0.490 e. The molecule has 29 heavy (non-hydrogen) atoms. The molecule has 0 saturated carbocycles. The van der Waals surface area contributed by atoms with Crippen molar-refractivity contribution >= 4 is 11.7 Å². The fraction of sp³-hybridized carbons (Fsp3) is 0.333. The zero-order valence-corrected chi connectivity index (χ0v) is 16.1. The topological polar surface area (TPSA) is 68.1 Å². The Morgan fingerprint density at radius 3 is 2.38 bits per heavy atom. The van der Waals surface area contributed by atoms with Crippen LogP contribution in [0.2, 0.25) is 0 Å². The van der Waals surface area contributed by atoms with E-state index in [-0.39, 0.29) is 19.6 Å². The third-order valence-electron chi connectivity index (χ3n) is 4.23. The third kappa shape index (κ3) is 6.51. The summed E-state index contributed by atoms with van der Waals surface area (Å²) < 4.78 is 43.6. The van der Waals surface area contributed by atoms with Gasteiger partial charge in [-0.05, 0) is 48.2 Å². The highest BCUT2D eigenvalue weighted by atomic mass is 19.4. The summed E-state index contributed by atoms with van der Waals surface area (Å²) in [5.41, 5.74) is 1.78. The number of ether oxygens (including phenoxy) is 1. The molecule has 0 bridgehead atoms. The van der Waals surface area contributed by atoms with Crippen LogP contribution in [-0.4, -0.2) is 30.0 Å². The van der Waals surface area contributed by atoms with Gasteiger partial charge in [-0.25, -0.2) is 0 Å². The fourth-order valence-corrected chi connectivity index (χ4v) is 2.66. The van der Waals surface area contributed by atoms with E-state index in [2.05, 4.69) is 5.16 Å². The summed E-state index contributed by atoms with van der Waals surface area (Å²) in [6.45, 7) is 3.93. The summed E-state index contributed by atoms with van der Waals surface area (Å²) in [5, 5.41) is 12.9. The average Bonchev–Trinajstić information content (AvgIpc) is 2.66. The smallest absolute Gasteiger partial charge is 0.416 e. The standard InChI is InChI=1S/C21H22F3NO4/c1-3-18(15-7-9-17(10-8-15)21(22,23)24)25-29-12-11-28-19-6-4-5-16(14(19)2)13-20(26)27/h4-10H,3,11-13H2,1-2H3,(H,26,27)/b25-18+. The monoisotopic (exact) mass is 409 g/mol. The quantitative estimate of drug-likeness (QED) is 0.365. The average molecular weight is 409 g/mol. The van der Waals surface area contributed by atoms with Crippen LogP contribution in [0.1, 0.15) is 35.6 Å². The van der Waals surface area contributed by atoms with Crippen molar-refractivity contribution < 1.29 is 32.6 Å². The van der Waals surface area contributed by atoms with E-state index in [1.807, 2.05) is 6.92 Å². The number of carboxylic acids is 1. The van der Waals surface area contributed by atoms with Crippen LogP contribution >= 0.6 is 0 Å². The van der Waals surface area contributed by atoms with E-state index >= 15 is 0 Å². The maximum absolute atomic E-state index is 12.6. The first-order valence-electron chi connectivity index (χ1n) is 9.02. The largest absolute Gasteiger partial charge is 0.490 e. The molecule has 1 N–H and O–H groups in total. The molecule has 0 unspecified atom stereocenters. The minimum atomic E-state index is -4.38. The number of carbonyl (C=O) groups is 1. The number of benzene rings is 2. The van der Waals surface area contributed by atoms with E-state index in [0.29, 0.717) is 29.0 Å². The van der Waals surface area contributed by atoms with Crippen molar-refractivity contribution in [1.29, 1.82) is 0 Å². The van der Waals surface area contributed by atoms with Gasteiger partial charge in [-0.1, -0.05) is 36.3 Å². The highest BCUT2D eigenvalue weighted by molar-refractivity contribution is 6.00. The maximum atomic E-state index is 12.6. The Morgan fingerprint density at radius 2 is 1.79 bits per heavy atom. The molecule has 2 aromatic rings. The van der Waals surface area contributed by atoms with Crippen molar-refractivity contribution in [3.8, 4) is 5.75 Å². The molecule has 0 saturated heterocycles. The van der Waals surface area contributed by atoms with Crippen LogP contribution < -0.4 is 4.74 Å². The second-order valence-corrected chi connectivity index (χ2v) is 6.26. The summed E-state index contributed by atoms with van der Waals surface area (Å²) in [6.07, 6.45) is -3.98. The van der Waals surface area contributed by atoms with Gasteiger partial charge >= 0.3 is 12.1 Å². The lowest BCUT2D eigenvalue weighted by Gasteiger charge is -2.12. The van der Waals surface area contributed by atoms with Crippen LogP contribution in [0.3, 0.4) is 0 Å². The number of rotatable bonds is 9. The fourth-order valence-electron chi connectivity index (χ4n) is 2.66. The van der Waals surface area contributed by atoms with Gasteiger partial charge in [0, 0.05) is 0 Å². The first kappa shape index (κ1) is 22.3. The van der Waals surface area contributed by atoms with Gasteiger partial charge in [0.15, 0.2) is 6.61 Å². The Bertz CT molecular complexity index is 861. The maximum Gasteiger partial charge on any atom is 0.416 e. The van der Waals surface area contributed by atoms with Crippen molar-refractivity contribution in [2.24, 2.45) is 5.16 Å². The molecular formula is C21H22F3NO4. The van der Waals surface area contributed by atoms with Crippen LogP contribution in [-0.2, 0) is 22.2 Å². The lowest BCUT2D eigenvalue weighted by molar-refractivity contribution is -0.138. The van der Waals surface area contributed by atoms with Crippen LogP contribution in [0.15, 0.2) is 47.6 Å². The van der Waals surface area contributed by atoms with Crippen LogP contribution in [0, 0.1) is 6.92 Å². The molecule has 156 valence electrons. The van der Waals surface area contributed by atoms with Gasteiger partial charge in [-0.3, -0.25) is 4.79 Å². The molecule has 0 radical (unpaired) electrons. The minimum absolute atomic E-state index is 0.0865. The van der Waals surface area contributed by atoms with Crippen molar-refractivity contribution in [2.45, 2.75) is 32.9 Å². The van der Waals surface area contributed by atoms with Crippen LogP contribution in [0.25, 0.3) is 0 Å². The molecule has 0 aromatic heterocycles. The van der Waals surface area contributed by atoms with Crippen molar-refractivity contribution in [2.75, 3.05) is 13.2 Å². The Kier molecular flexibility index (Phi) is 7.64. The lowest BCUT2D eigenvalue weighted by atomic mass is 10.1. The van der Waals surface area contributed by atoms with Gasteiger partial charge in [0.05, 0.1) is 17.7 Å². The molecule has 0 aliphatic carbocycles. The number of hydrogen-bond acceptors (Lipinski definition) is 4. The van der Waals surface area contributed by atoms with E-state index in [0.717, 1.165) is 17.7 Å². The molecule has 2 rings (SSSR count). The van der Waals surface area contributed by atoms with Gasteiger partial charge in [-0.2, -0.15) is 13.2 Å². The lowest BCUT2D eigenvalue weighted by Crippen LogP contribution is -2.09. The molecule has 0 aliphatic heterocycles. The number of oxime groups is 1. The van der Waals surface area contributed by atoms with Gasteiger partial charge in [-0.15, -0.1) is 0 Å². The zero-order valence-electron chi connectivity index (χ0n) is 16.1. The Balaban J connectivity index is 1.91. The highest BCUT2D eigenvalue weighted by Crippen LogP contribution is 2.29. The summed E-state index contributed by atoms with van der Waals surface area (Å²) in [4.78, 5) is 16.1. The van der Waals surface area contributed by atoms with Gasteiger partial charge in [0.25, 0.3) is 0 Å². The first-order chi connectivity index (χ1) is 13.7. The number of alkyl halides is 3. The summed E-state index contributed by atoms with van der Waals surface area (Å²) >= 11 is 0. The van der Waals surface area contributed by atoms with E-state index in [9.17, 15) is 18.0 Å². The molecule has 0 atom stereocenters. The molecule has 0 fully saturated rings. The highest BCUT2D eigenvalue weighted by Gasteiger charge is 2.30. The van der Waals surface area contributed by atoms with Gasteiger partial charge in [0.2, 0.25) is 0 Å². The Labute approximate surface area is 166 Å². The molecular weight excluding hydrogens is 387 g/mol. The number of aliphatic carboxylic acids is 1. The number of halogens is 3. The van der Waals surface area contributed by atoms with Crippen molar-refractivity contribution in [3.63, 3.8) is 0 Å². The van der Waals surface area contributed by atoms with Crippen molar-refractivity contribution in [3.05, 3.63) is 64.7 Å². The van der Waals surface area contributed by atoms with Gasteiger partial charge < -0.3 is 14.7 Å². The van der Waals surface area contributed by atoms with Gasteiger partial charge in [0.1, 0.15) is 12.4 Å². The summed E-state index contributed by atoms with van der Waals surface area (Å²) in [7, 11) is 0. The second-order valence-electron chi connectivity index (χ2n) is 6.26. The van der Waals surface area contributed by atoms with Crippen LogP contribution in [0.4, 0.5) is 13.2 Å². The Morgan fingerprint density at radius 1 is 1.10 bits per heavy atom. The number of nitrogens with zero attached hydrogens (tertiary/aromatic N) is 1. The van der Waals surface area contributed by atoms with E-state index < -0.39 is 17.7 Å². The molecule has 0 spiro atoms. The van der Waals surface area contributed by atoms with E-state index in [1.165, 1.54) is 12.1 Å². The SMILES string of the molecule is CC/C(=N\OCCOc1cccc(CC(=O)O)c1C)c1ccc(C(F)(F)F)cc1. The predicted octanol–water partition coefficient (Wildman–Crippen LogP) is 4.85. The summed E-state index contributed by atoms with van der Waals surface area (Å²) in [5.74, 6) is -0.354. The van der Waals surface area contributed by atoms with Crippen LogP contribution in [0.5, 0.6) is 5.75 Å². The molecule has 5 nitrogen and oxygen atoms in total. The van der Waals surface area contributed by atoms with E-state index in [1.54, 1.807) is 25.1 Å². The third-order valence-corrected chi connectivity index (χ3v) is 4.23. The molecule has 0 amide bonds. The van der Waals surface area contributed by atoms with Crippen molar-refractivity contribution in [1.82, 2.24) is 0 Å².